The fraction of sp³-hybridized carbons (Fsp3) is 0.222. The van der Waals surface area contributed by atoms with Crippen molar-refractivity contribution in [2.45, 2.75) is 26.9 Å². The number of ether oxygens (including phenoxy) is 1. The fourth-order valence-corrected chi connectivity index (χ4v) is 2.30. The van der Waals surface area contributed by atoms with Crippen molar-refractivity contribution >= 4 is 11.8 Å². The molecular weight excluding hydrogens is 280 g/mol. The van der Waals surface area contributed by atoms with E-state index in [2.05, 4.69) is 6.92 Å². The van der Waals surface area contributed by atoms with E-state index in [9.17, 15) is 14.7 Å². The number of Topliss-reactive ketones (excluding diaryl/α,β-unsaturated/α-hetero) is 1. The normalized spacial score (nSPS) is 10.3. The second-order valence-corrected chi connectivity index (χ2v) is 4.98. The molecular formula is C18H18O4. The topological polar surface area (TPSA) is 63.6 Å². The van der Waals surface area contributed by atoms with Gasteiger partial charge in [-0.1, -0.05) is 31.2 Å². The van der Waals surface area contributed by atoms with Crippen LogP contribution in [0, 0.1) is 0 Å². The van der Waals surface area contributed by atoms with Crippen LogP contribution in [0.25, 0.3) is 0 Å². The Morgan fingerprint density at radius 1 is 1.05 bits per heavy atom. The molecule has 114 valence electrons. The van der Waals surface area contributed by atoms with E-state index in [1.807, 2.05) is 24.3 Å². The lowest BCUT2D eigenvalue weighted by molar-refractivity contribution is 0.0691. The number of hydrogen-bond acceptors (Lipinski definition) is 3. The fourth-order valence-electron chi connectivity index (χ4n) is 2.30. The van der Waals surface area contributed by atoms with E-state index in [4.69, 9.17) is 4.74 Å². The van der Waals surface area contributed by atoms with Crippen LogP contribution in [0.5, 0.6) is 5.75 Å². The maximum atomic E-state index is 11.4. The minimum Gasteiger partial charge on any atom is -0.489 e. The third-order valence-corrected chi connectivity index (χ3v) is 3.49. The summed E-state index contributed by atoms with van der Waals surface area (Å²) >= 11 is 0. The summed E-state index contributed by atoms with van der Waals surface area (Å²) in [6.07, 6.45) is 0.906. The Labute approximate surface area is 129 Å². The summed E-state index contributed by atoms with van der Waals surface area (Å²) in [4.78, 5) is 22.7. The number of aromatic carboxylic acids is 1. The number of carboxylic acid groups (broad SMARTS) is 1. The first kappa shape index (κ1) is 15.8. The van der Waals surface area contributed by atoms with E-state index in [1.54, 1.807) is 6.07 Å². The second-order valence-electron chi connectivity index (χ2n) is 4.98. The van der Waals surface area contributed by atoms with E-state index in [0.717, 1.165) is 12.0 Å². The molecule has 0 aliphatic rings. The van der Waals surface area contributed by atoms with Crippen LogP contribution in [0.4, 0.5) is 0 Å². The molecule has 4 heteroatoms. The van der Waals surface area contributed by atoms with Crippen LogP contribution in [0.3, 0.4) is 0 Å². The third-order valence-electron chi connectivity index (χ3n) is 3.49. The quantitative estimate of drug-likeness (QED) is 0.825. The molecule has 0 aliphatic carbocycles. The molecule has 0 amide bonds. The van der Waals surface area contributed by atoms with Gasteiger partial charge >= 0.3 is 5.97 Å². The van der Waals surface area contributed by atoms with Crippen LogP contribution in [-0.4, -0.2) is 16.9 Å². The summed E-state index contributed by atoms with van der Waals surface area (Å²) < 4.78 is 5.69. The highest BCUT2D eigenvalue weighted by Gasteiger charge is 2.14. The molecule has 22 heavy (non-hydrogen) atoms. The van der Waals surface area contributed by atoms with Crippen LogP contribution in [0.2, 0.25) is 0 Å². The average Bonchev–Trinajstić information content (AvgIpc) is 2.52. The molecule has 0 fully saturated rings. The van der Waals surface area contributed by atoms with Crippen molar-refractivity contribution in [3.8, 4) is 5.75 Å². The largest absolute Gasteiger partial charge is 0.489 e. The number of carbonyl (C=O) groups is 2. The van der Waals surface area contributed by atoms with Gasteiger partial charge in [-0.2, -0.15) is 0 Å². The van der Waals surface area contributed by atoms with Gasteiger partial charge in [0.05, 0.1) is 5.56 Å². The first-order valence-electron chi connectivity index (χ1n) is 7.10. The minimum absolute atomic E-state index is 0.0335. The highest BCUT2D eigenvalue weighted by molar-refractivity contribution is 6.05. The van der Waals surface area contributed by atoms with Gasteiger partial charge < -0.3 is 9.84 Å². The van der Waals surface area contributed by atoms with E-state index in [0.29, 0.717) is 12.4 Å². The summed E-state index contributed by atoms with van der Waals surface area (Å²) in [6, 6.07) is 12.5. The zero-order valence-electron chi connectivity index (χ0n) is 12.6. The predicted octanol–water partition coefficient (Wildman–Crippen LogP) is 3.73. The molecule has 0 bridgehead atoms. The van der Waals surface area contributed by atoms with Crippen molar-refractivity contribution in [2.75, 3.05) is 0 Å². The van der Waals surface area contributed by atoms with E-state index >= 15 is 0 Å². The van der Waals surface area contributed by atoms with E-state index in [1.165, 1.54) is 24.6 Å². The van der Waals surface area contributed by atoms with Crippen molar-refractivity contribution < 1.29 is 19.4 Å². The summed E-state index contributed by atoms with van der Waals surface area (Å²) in [6.45, 7) is 3.78. The maximum Gasteiger partial charge on any atom is 0.336 e. The van der Waals surface area contributed by atoms with E-state index < -0.39 is 5.97 Å². The van der Waals surface area contributed by atoms with Gasteiger partial charge in [-0.25, -0.2) is 4.79 Å². The molecule has 2 aromatic rings. The van der Waals surface area contributed by atoms with Crippen molar-refractivity contribution in [3.63, 3.8) is 0 Å². The molecule has 0 aliphatic heterocycles. The van der Waals surface area contributed by atoms with Gasteiger partial charge in [-0.3, -0.25) is 4.79 Å². The summed E-state index contributed by atoms with van der Waals surface area (Å²) in [5.74, 6) is -0.974. The second kappa shape index (κ2) is 6.89. The third kappa shape index (κ3) is 3.52. The van der Waals surface area contributed by atoms with Gasteiger partial charge in [0.1, 0.15) is 12.4 Å². The molecule has 4 nitrogen and oxygen atoms in total. The number of aryl methyl sites for hydroxylation is 1. The van der Waals surface area contributed by atoms with Gasteiger partial charge in [-0.15, -0.1) is 0 Å². The molecule has 0 atom stereocenters. The predicted molar refractivity (Wildman–Crippen MR) is 83.6 cm³/mol. The van der Waals surface area contributed by atoms with Gasteiger partial charge in [0, 0.05) is 5.56 Å². The molecule has 0 saturated carbocycles. The van der Waals surface area contributed by atoms with Gasteiger partial charge in [0.15, 0.2) is 5.78 Å². The summed E-state index contributed by atoms with van der Waals surface area (Å²) in [5.41, 5.74) is 2.42. The zero-order chi connectivity index (χ0) is 16.1. The van der Waals surface area contributed by atoms with Gasteiger partial charge in [0.2, 0.25) is 0 Å². The van der Waals surface area contributed by atoms with Crippen molar-refractivity contribution in [1.29, 1.82) is 0 Å². The average molecular weight is 298 g/mol. The summed E-state index contributed by atoms with van der Waals surface area (Å²) in [7, 11) is 0. The lowest BCUT2D eigenvalue weighted by atomic mass is 10.0. The van der Waals surface area contributed by atoms with Gasteiger partial charge in [-0.05, 0) is 42.7 Å². The molecule has 2 aromatic carbocycles. The van der Waals surface area contributed by atoms with Crippen LogP contribution in [0.15, 0.2) is 42.5 Å². The van der Waals surface area contributed by atoms with Crippen LogP contribution in [0.1, 0.15) is 45.7 Å². The van der Waals surface area contributed by atoms with Crippen molar-refractivity contribution in [3.05, 3.63) is 64.7 Å². The Balaban J connectivity index is 2.22. The zero-order valence-corrected chi connectivity index (χ0v) is 12.6. The lowest BCUT2D eigenvalue weighted by Crippen LogP contribution is -2.07. The molecule has 0 spiro atoms. The number of benzene rings is 2. The molecule has 0 radical (unpaired) electrons. The van der Waals surface area contributed by atoms with Crippen LogP contribution in [-0.2, 0) is 13.0 Å². The SMILES string of the molecule is CCc1ccccc1COc1ccc(C(C)=O)c(C(=O)O)c1. The number of ketones is 1. The summed E-state index contributed by atoms with van der Waals surface area (Å²) in [5, 5.41) is 9.20. The maximum absolute atomic E-state index is 11.4. The highest BCUT2D eigenvalue weighted by atomic mass is 16.5. The first-order chi connectivity index (χ1) is 10.5. The van der Waals surface area contributed by atoms with Crippen molar-refractivity contribution in [1.82, 2.24) is 0 Å². The van der Waals surface area contributed by atoms with Gasteiger partial charge in [0.25, 0.3) is 0 Å². The Morgan fingerprint density at radius 2 is 1.73 bits per heavy atom. The molecule has 0 aromatic heterocycles. The Morgan fingerprint density at radius 3 is 2.32 bits per heavy atom. The molecule has 0 saturated heterocycles. The monoisotopic (exact) mass is 298 g/mol. The molecule has 1 N–H and O–H groups in total. The highest BCUT2D eigenvalue weighted by Crippen LogP contribution is 2.21. The lowest BCUT2D eigenvalue weighted by Gasteiger charge is -2.11. The Bertz CT molecular complexity index is 704. The minimum atomic E-state index is -1.13. The van der Waals surface area contributed by atoms with Crippen LogP contribution < -0.4 is 4.74 Å². The van der Waals surface area contributed by atoms with E-state index in [-0.39, 0.29) is 16.9 Å². The van der Waals surface area contributed by atoms with Crippen LogP contribution >= 0.6 is 0 Å². The number of carboxylic acids is 1. The molecule has 2 rings (SSSR count). The smallest absolute Gasteiger partial charge is 0.336 e. The number of carbonyl (C=O) groups excluding carboxylic acids is 1. The number of hydrogen-bond donors (Lipinski definition) is 1. The first-order valence-corrected chi connectivity index (χ1v) is 7.10. The standard InChI is InChI=1S/C18H18O4/c1-3-13-6-4-5-7-14(13)11-22-15-8-9-16(12(2)19)17(10-15)18(20)21/h4-10H,3,11H2,1-2H3,(H,20,21). The molecule has 0 heterocycles. The Hall–Kier alpha value is -2.62. The number of rotatable bonds is 6. The molecule has 0 unspecified atom stereocenters. The Kier molecular flexibility index (Phi) is 4.94. The van der Waals surface area contributed by atoms with Crippen molar-refractivity contribution in [2.24, 2.45) is 0 Å².